The first-order valence-corrected chi connectivity index (χ1v) is 7.27. The van der Waals surface area contributed by atoms with Gasteiger partial charge in [-0.15, -0.1) is 0 Å². The Kier molecular flexibility index (Phi) is 5.23. The van der Waals surface area contributed by atoms with Gasteiger partial charge in [0.05, 0.1) is 7.11 Å². The van der Waals surface area contributed by atoms with Gasteiger partial charge in [-0.05, 0) is 49.3 Å². The summed E-state index contributed by atoms with van der Waals surface area (Å²) in [6.07, 6.45) is 4.35. The highest BCUT2D eigenvalue weighted by Crippen LogP contribution is 2.37. The van der Waals surface area contributed by atoms with Crippen LogP contribution in [0.1, 0.15) is 44.1 Å². The quantitative estimate of drug-likeness (QED) is 0.794. The van der Waals surface area contributed by atoms with E-state index in [0.29, 0.717) is 18.0 Å². The topological polar surface area (TPSA) is 41.5 Å². The van der Waals surface area contributed by atoms with Crippen LogP contribution in [0.25, 0.3) is 0 Å². The van der Waals surface area contributed by atoms with E-state index in [1.165, 1.54) is 18.4 Å². The maximum atomic E-state index is 9.00. The molecule has 2 rings (SSSR count). The smallest absolute Gasteiger partial charge is 0.118 e. The summed E-state index contributed by atoms with van der Waals surface area (Å²) in [6.45, 7) is 2.45. The molecule has 0 aliphatic heterocycles. The molecule has 0 aromatic heterocycles. The Morgan fingerprint density at radius 1 is 1.32 bits per heavy atom. The van der Waals surface area contributed by atoms with Crippen LogP contribution in [0.15, 0.2) is 24.3 Å². The Bertz CT molecular complexity index is 371. The van der Waals surface area contributed by atoms with E-state index in [1.807, 2.05) is 12.1 Å². The van der Waals surface area contributed by atoms with Gasteiger partial charge in [-0.2, -0.15) is 0 Å². The average molecular weight is 263 g/mol. The molecule has 0 bridgehead atoms. The number of aliphatic hydroxyl groups excluding tert-OH is 1. The minimum atomic E-state index is 0.278. The number of ether oxygens (including phenoxy) is 1. The molecule has 1 fully saturated rings. The molecule has 0 radical (unpaired) electrons. The van der Waals surface area contributed by atoms with Crippen molar-refractivity contribution >= 4 is 0 Å². The van der Waals surface area contributed by atoms with Crippen LogP contribution in [-0.4, -0.2) is 30.9 Å². The molecule has 0 heterocycles. The average Bonchev–Trinajstić information content (AvgIpc) is 2.41. The Morgan fingerprint density at radius 2 is 2.00 bits per heavy atom. The second kappa shape index (κ2) is 6.92. The lowest BCUT2D eigenvalue weighted by Crippen LogP contribution is -2.45. The summed E-state index contributed by atoms with van der Waals surface area (Å²) in [6, 6.07) is 9.50. The van der Waals surface area contributed by atoms with Gasteiger partial charge in [0.25, 0.3) is 0 Å². The van der Waals surface area contributed by atoms with Crippen LogP contribution in [0.5, 0.6) is 5.75 Å². The van der Waals surface area contributed by atoms with Gasteiger partial charge < -0.3 is 15.2 Å². The van der Waals surface area contributed by atoms with E-state index < -0.39 is 0 Å². The SMILES string of the molecule is CCC(CCO)NC1CC(c2ccc(OC)cc2)C1. The molecule has 1 saturated carbocycles. The summed E-state index contributed by atoms with van der Waals surface area (Å²) < 4.78 is 5.18. The number of hydrogen-bond donors (Lipinski definition) is 2. The molecular weight excluding hydrogens is 238 g/mol. The van der Waals surface area contributed by atoms with Crippen molar-refractivity contribution in [1.82, 2.24) is 5.32 Å². The van der Waals surface area contributed by atoms with Crippen LogP contribution in [0, 0.1) is 0 Å². The van der Waals surface area contributed by atoms with E-state index >= 15 is 0 Å². The molecule has 1 unspecified atom stereocenters. The van der Waals surface area contributed by atoms with Crippen molar-refractivity contribution in [2.75, 3.05) is 13.7 Å². The first-order chi connectivity index (χ1) is 9.26. The zero-order valence-electron chi connectivity index (χ0n) is 11.9. The van der Waals surface area contributed by atoms with Gasteiger partial charge in [-0.1, -0.05) is 19.1 Å². The summed E-state index contributed by atoms with van der Waals surface area (Å²) in [7, 11) is 1.70. The highest BCUT2D eigenvalue weighted by Gasteiger charge is 2.31. The Balaban J connectivity index is 1.78. The van der Waals surface area contributed by atoms with Crippen LogP contribution < -0.4 is 10.1 Å². The molecule has 19 heavy (non-hydrogen) atoms. The number of hydrogen-bond acceptors (Lipinski definition) is 3. The Hall–Kier alpha value is -1.06. The molecule has 3 heteroatoms. The highest BCUT2D eigenvalue weighted by molar-refractivity contribution is 5.30. The third kappa shape index (κ3) is 3.71. The summed E-state index contributed by atoms with van der Waals surface area (Å²) in [5.41, 5.74) is 1.41. The van der Waals surface area contributed by atoms with Crippen molar-refractivity contribution in [3.8, 4) is 5.75 Å². The normalized spacial score (nSPS) is 23.7. The second-order valence-electron chi connectivity index (χ2n) is 5.42. The number of aliphatic hydroxyl groups is 1. The Morgan fingerprint density at radius 3 is 2.53 bits per heavy atom. The molecule has 2 N–H and O–H groups in total. The molecule has 1 aliphatic carbocycles. The molecule has 3 nitrogen and oxygen atoms in total. The fourth-order valence-electron chi connectivity index (χ4n) is 2.80. The molecule has 1 aromatic rings. The van der Waals surface area contributed by atoms with E-state index in [1.54, 1.807) is 7.11 Å². The molecule has 1 aliphatic rings. The van der Waals surface area contributed by atoms with Crippen molar-refractivity contribution in [2.24, 2.45) is 0 Å². The number of methoxy groups -OCH3 is 1. The fraction of sp³-hybridized carbons (Fsp3) is 0.625. The van der Waals surface area contributed by atoms with E-state index in [-0.39, 0.29) is 6.61 Å². The van der Waals surface area contributed by atoms with Gasteiger partial charge in [0.15, 0.2) is 0 Å². The molecule has 0 saturated heterocycles. The minimum Gasteiger partial charge on any atom is -0.497 e. The fourth-order valence-corrected chi connectivity index (χ4v) is 2.80. The predicted molar refractivity (Wildman–Crippen MR) is 77.7 cm³/mol. The summed E-state index contributed by atoms with van der Waals surface area (Å²) in [5.74, 6) is 1.60. The van der Waals surface area contributed by atoms with Crippen molar-refractivity contribution in [2.45, 2.75) is 50.6 Å². The molecule has 1 atom stereocenters. The standard InChI is InChI=1S/C16H25NO2/c1-3-14(8-9-18)17-15-10-13(11-15)12-4-6-16(19-2)7-5-12/h4-7,13-15,17-18H,3,8-11H2,1-2H3. The zero-order chi connectivity index (χ0) is 13.7. The molecular formula is C16H25NO2. The van der Waals surface area contributed by atoms with Crippen molar-refractivity contribution in [3.63, 3.8) is 0 Å². The molecule has 106 valence electrons. The summed E-state index contributed by atoms with van der Waals surface area (Å²) in [5, 5.41) is 12.6. The number of benzene rings is 1. The number of nitrogens with one attached hydrogen (secondary N) is 1. The van der Waals surface area contributed by atoms with E-state index in [4.69, 9.17) is 9.84 Å². The first-order valence-electron chi connectivity index (χ1n) is 7.27. The van der Waals surface area contributed by atoms with Gasteiger partial charge in [0, 0.05) is 18.7 Å². The molecule has 0 spiro atoms. The third-order valence-electron chi connectivity index (χ3n) is 4.17. The molecule has 0 amide bonds. The van der Waals surface area contributed by atoms with Crippen LogP contribution >= 0.6 is 0 Å². The zero-order valence-corrected chi connectivity index (χ0v) is 11.9. The van der Waals surface area contributed by atoms with Crippen LogP contribution in [0.3, 0.4) is 0 Å². The predicted octanol–water partition coefficient (Wildman–Crippen LogP) is 2.69. The van der Waals surface area contributed by atoms with Crippen molar-refractivity contribution in [3.05, 3.63) is 29.8 Å². The maximum Gasteiger partial charge on any atom is 0.118 e. The van der Waals surface area contributed by atoms with E-state index in [0.717, 1.165) is 18.6 Å². The summed E-state index contributed by atoms with van der Waals surface area (Å²) in [4.78, 5) is 0. The summed E-state index contributed by atoms with van der Waals surface area (Å²) >= 11 is 0. The van der Waals surface area contributed by atoms with Crippen LogP contribution in [0.4, 0.5) is 0 Å². The first kappa shape index (κ1) is 14.4. The van der Waals surface area contributed by atoms with E-state index in [9.17, 15) is 0 Å². The Labute approximate surface area is 116 Å². The highest BCUT2D eigenvalue weighted by atomic mass is 16.5. The van der Waals surface area contributed by atoms with Crippen molar-refractivity contribution < 1.29 is 9.84 Å². The third-order valence-corrected chi connectivity index (χ3v) is 4.17. The lowest BCUT2D eigenvalue weighted by Gasteiger charge is -2.38. The molecule has 1 aromatic carbocycles. The lowest BCUT2D eigenvalue weighted by molar-refractivity contribution is 0.221. The van der Waals surface area contributed by atoms with Gasteiger partial charge in [0.1, 0.15) is 5.75 Å². The van der Waals surface area contributed by atoms with Crippen LogP contribution in [-0.2, 0) is 0 Å². The van der Waals surface area contributed by atoms with Gasteiger partial charge in [-0.3, -0.25) is 0 Å². The second-order valence-corrected chi connectivity index (χ2v) is 5.42. The largest absolute Gasteiger partial charge is 0.497 e. The minimum absolute atomic E-state index is 0.278. The van der Waals surface area contributed by atoms with Gasteiger partial charge >= 0.3 is 0 Å². The van der Waals surface area contributed by atoms with E-state index in [2.05, 4.69) is 24.4 Å². The monoisotopic (exact) mass is 263 g/mol. The maximum absolute atomic E-state index is 9.00. The van der Waals surface area contributed by atoms with Crippen molar-refractivity contribution in [1.29, 1.82) is 0 Å². The van der Waals surface area contributed by atoms with Gasteiger partial charge in [0.2, 0.25) is 0 Å². The van der Waals surface area contributed by atoms with Crippen LogP contribution in [0.2, 0.25) is 0 Å². The number of rotatable bonds is 7. The lowest BCUT2D eigenvalue weighted by atomic mass is 9.75. The van der Waals surface area contributed by atoms with Gasteiger partial charge in [-0.25, -0.2) is 0 Å².